The highest BCUT2D eigenvalue weighted by atomic mass is 16.3. The third-order valence-corrected chi connectivity index (χ3v) is 6.90. The van der Waals surface area contributed by atoms with Gasteiger partial charge in [0.05, 0.1) is 11.6 Å². The molecule has 0 bridgehead atoms. The van der Waals surface area contributed by atoms with Crippen LogP contribution in [0.4, 0.5) is 0 Å². The van der Waals surface area contributed by atoms with E-state index in [0.29, 0.717) is 12.1 Å². The van der Waals surface area contributed by atoms with Crippen molar-refractivity contribution in [2.45, 2.75) is 38.8 Å². The molecule has 1 amide bonds. The Morgan fingerprint density at radius 2 is 1.76 bits per heavy atom. The Morgan fingerprint density at radius 3 is 2.52 bits per heavy atom. The van der Waals surface area contributed by atoms with Crippen molar-refractivity contribution in [3.8, 4) is 11.5 Å². The summed E-state index contributed by atoms with van der Waals surface area (Å²) in [5.74, 6) is -0.382. The number of phenols is 2. The van der Waals surface area contributed by atoms with Gasteiger partial charge in [-0.1, -0.05) is 24.3 Å². The summed E-state index contributed by atoms with van der Waals surface area (Å²) in [6.45, 7) is 8.57. The number of piperazine rings is 1. The SMILES string of the molecule is Cc1cc(C(=O)N2CCCC2c2cccc(CN3CCN(CCCO)CC3)c2)c(O)cc1O. The lowest BCUT2D eigenvalue weighted by Gasteiger charge is -2.34. The Bertz CT molecular complexity index is 972. The topological polar surface area (TPSA) is 87.5 Å². The fraction of sp³-hybridized carbons (Fsp3) is 0.500. The minimum atomic E-state index is -0.192. The number of benzene rings is 2. The van der Waals surface area contributed by atoms with Gasteiger partial charge in [0.25, 0.3) is 5.91 Å². The van der Waals surface area contributed by atoms with E-state index in [0.717, 1.165) is 64.1 Å². The monoisotopic (exact) mass is 453 g/mol. The van der Waals surface area contributed by atoms with Gasteiger partial charge in [0.2, 0.25) is 0 Å². The summed E-state index contributed by atoms with van der Waals surface area (Å²) < 4.78 is 0. The van der Waals surface area contributed by atoms with E-state index in [1.54, 1.807) is 13.0 Å². The van der Waals surface area contributed by atoms with Crippen LogP contribution in [0.25, 0.3) is 0 Å². The quantitative estimate of drug-likeness (QED) is 0.598. The molecule has 2 aliphatic rings. The highest BCUT2D eigenvalue weighted by molar-refractivity contribution is 5.97. The molecule has 2 fully saturated rings. The zero-order valence-electron chi connectivity index (χ0n) is 19.4. The molecule has 3 N–H and O–H groups in total. The number of carbonyl (C=O) groups excluding carboxylic acids is 1. The predicted octanol–water partition coefficient (Wildman–Crippen LogP) is 2.88. The molecule has 0 aromatic heterocycles. The molecule has 1 atom stereocenters. The molecule has 7 heteroatoms. The number of likely N-dealkylation sites (tertiary alicyclic amines) is 1. The molecule has 2 heterocycles. The molecule has 33 heavy (non-hydrogen) atoms. The summed E-state index contributed by atoms with van der Waals surface area (Å²) in [4.78, 5) is 20.0. The van der Waals surface area contributed by atoms with E-state index in [-0.39, 0.29) is 35.6 Å². The Kier molecular flexibility index (Phi) is 7.53. The predicted molar refractivity (Wildman–Crippen MR) is 127 cm³/mol. The Balaban J connectivity index is 1.43. The first-order valence-electron chi connectivity index (χ1n) is 11.9. The standard InChI is InChI=1S/C26H35N3O4/c1-19-15-22(25(32)17-24(19)31)26(33)29-9-3-7-23(29)21-6-2-5-20(16-21)18-28-12-10-27(11-13-28)8-4-14-30/h2,5-6,15-17,23,30-32H,3-4,7-14,18H2,1H3. The molecular formula is C26H35N3O4. The van der Waals surface area contributed by atoms with Gasteiger partial charge < -0.3 is 25.1 Å². The number of aryl methyl sites for hydroxylation is 1. The van der Waals surface area contributed by atoms with E-state index in [1.807, 2.05) is 4.90 Å². The molecule has 0 spiro atoms. The van der Waals surface area contributed by atoms with Crippen LogP contribution in [0.2, 0.25) is 0 Å². The Morgan fingerprint density at radius 1 is 1.00 bits per heavy atom. The summed E-state index contributed by atoms with van der Waals surface area (Å²) in [5.41, 5.74) is 3.20. The van der Waals surface area contributed by atoms with E-state index < -0.39 is 0 Å². The fourth-order valence-electron chi connectivity index (χ4n) is 4.99. The number of hydrogen-bond donors (Lipinski definition) is 3. The van der Waals surface area contributed by atoms with E-state index in [9.17, 15) is 15.0 Å². The van der Waals surface area contributed by atoms with Gasteiger partial charge in [-0.05, 0) is 48.9 Å². The smallest absolute Gasteiger partial charge is 0.258 e. The highest BCUT2D eigenvalue weighted by Gasteiger charge is 2.32. The number of aliphatic hydroxyl groups is 1. The molecule has 2 aromatic carbocycles. The number of amides is 1. The van der Waals surface area contributed by atoms with Crippen molar-refractivity contribution in [3.05, 3.63) is 58.7 Å². The van der Waals surface area contributed by atoms with Crippen LogP contribution >= 0.6 is 0 Å². The second-order valence-corrected chi connectivity index (χ2v) is 9.25. The molecule has 0 saturated carbocycles. The van der Waals surface area contributed by atoms with Gasteiger partial charge in [-0.25, -0.2) is 0 Å². The zero-order chi connectivity index (χ0) is 23.4. The van der Waals surface area contributed by atoms with Crippen LogP contribution in [0.5, 0.6) is 11.5 Å². The Hall–Kier alpha value is -2.61. The normalized spacial score (nSPS) is 19.8. The van der Waals surface area contributed by atoms with Crippen molar-refractivity contribution in [2.24, 2.45) is 0 Å². The van der Waals surface area contributed by atoms with Gasteiger partial charge in [0.1, 0.15) is 11.5 Å². The van der Waals surface area contributed by atoms with Gasteiger partial charge in [0.15, 0.2) is 0 Å². The van der Waals surface area contributed by atoms with E-state index in [2.05, 4.69) is 34.1 Å². The maximum absolute atomic E-state index is 13.3. The van der Waals surface area contributed by atoms with Crippen molar-refractivity contribution < 1.29 is 20.1 Å². The van der Waals surface area contributed by atoms with Crippen molar-refractivity contribution in [3.63, 3.8) is 0 Å². The third kappa shape index (κ3) is 5.49. The lowest BCUT2D eigenvalue weighted by Crippen LogP contribution is -2.46. The summed E-state index contributed by atoms with van der Waals surface area (Å²) in [7, 11) is 0. The molecule has 4 rings (SSSR count). The number of rotatable bonds is 7. The van der Waals surface area contributed by atoms with E-state index >= 15 is 0 Å². The average Bonchev–Trinajstić information content (AvgIpc) is 3.31. The molecule has 0 radical (unpaired) electrons. The largest absolute Gasteiger partial charge is 0.508 e. The lowest BCUT2D eigenvalue weighted by atomic mass is 10.0. The highest BCUT2D eigenvalue weighted by Crippen LogP contribution is 2.36. The molecule has 2 saturated heterocycles. The molecule has 7 nitrogen and oxygen atoms in total. The van der Waals surface area contributed by atoms with Crippen LogP contribution in [0, 0.1) is 6.92 Å². The molecule has 2 aromatic rings. The van der Waals surface area contributed by atoms with Gasteiger partial charge in [-0.2, -0.15) is 0 Å². The van der Waals surface area contributed by atoms with Gasteiger partial charge in [-0.3, -0.25) is 9.69 Å². The fourth-order valence-corrected chi connectivity index (χ4v) is 4.99. The van der Waals surface area contributed by atoms with Crippen molar-refractivity contribution in [1.29, 1.82) is 0 Å². The van der Waals surface area contributed by atoms with Crippen molar-refractivity contribution >= 4 is 5.91 Å². The zero-order valence-corrected chi connectivity index (χ0v) is 19.4. The molecule has 2 aliphatic heterocycles. The first-order valence-corrected chi connectivity index (χ1v) is 11.9. The van der Waals surface area contributed by atoms with Crippen molar-refractivity contribution in [1.82, 2.24) is 14.7 Å². The number of aliphatic hydroxyl groups excluding tert-OH is 1. The van der Waals surface area contributed by atoms with Gasteiger partial charge in [-0.15, -0.1) is 0 Å². The number of carbonyl (C=O) groups is 1. The van der Waals surface area contributed by atoms with E-state index in [4.69, 9.17) is 5.11 Å². The van der Waals surface area contributed by atoms with Crippen LogP contribution in [-0.2, 0) is 6.54 Å². The number of aromatic hydroxyl groups is 2. The lowest BCUT2D eigenvalue weighted by molar-refractivity contribution is 0.0732. The summed E-state index contributed by atoms with van der Waals surface area (Å²) in [6.07, 6.45) is 2.66. The molecule has 1 unspecified atom stereocenters. The molecule has 0 aliphatic carbocycles. The third-order valence-electron chi connectivity index (χ3n) is 6.90. The van der Waals surface area contributed by atoms with E-state index in [1.165, 1.54) is 11.6 Å². The minimum absolute atomic E-state index is 0.0102. The van der Waals surface area contributed by atoms with Crippen LogP contribution in [0.1, 0.15) is 52.4 Å². The second-order valence-electron chi connectivity index (χ2n) is 9.25. The number of hydrogen-bond acceptors (Lipinski definition) is 6. The summed E-state index contributed by atoms with van der Waals surface area (Å²) in [6, 6.07) is 11.3. The second kappa shape index (κ2) is 10.5. The van der Waals surface area contributed by atoms with Crippen molar-refractivity contribution in [2.75, 3.05) is 45.9 Å². The van der Waals surface area contributed by atoms with Gasteiger partial charge >= 0.3 is 0 Å². The minimum Gasteiger partial charge on any atom is -0.508 e. The first kappa shape index (κ1) is 23.5. The van der Waals surface area contributed by atoms with Gasteiger partial charge in [0, 0.05) is 58.5 Å². The van der Waals surface area contributed by atoms with Crippen LogP contribution in [-0.4, -0.2) is 81.8 Å². The Labute approximate surface area is 195 Å². The summed E-state index contributed by atoms with van der Waals surface area (Å²) in [5, 5.41) is 29.1. The molecular weight excluding hydrogens is 418 g/mol. The van der Waals surface area contributed by atoms with Crippen LogP contribution in [0.15, 0.2) is 36.4 Å². The molecule has 178 valence electrons. The first-order chi connectivity index (χ1) is 16.0. The average molecular weight is 454 g/mol. The van der Waals surface area contributed by atoms with Crippen LogP contribution in [0.3, 0.4) is 0 Å². The number of nitrogens with zero attached hydrogens (tertiary/aromatic N) is 3. The maximum Gasteiger partial charge on any atom is 0.258 e. The number of phenolic OH excluding ortho intramolecular Hbond substituents is 2. The maximum atomic E-state index is 13.3. The summed E-state index contributed by atoms with van der Waals surface area (Å²) >= 11 is 0. The van der Waals surface area contributed by atoms with Crippen LogP contribution < -0.4 is 0 Å².